The maximum Gasteiger partial charge on any atom is 0.0852 e. The van der Waals surface area contributed by atoms with Crippen molar-refractivity contribution in [2.45, 2.75) is 19.2 Å². The maximum absolute atomic E-state index is 6.77. The van der Waals surface area contributed by atoms with E-state index in [0.29, 0.717) is 0 Å². The number of rotatable bonds is 2. The minimum Gasteiger partial charge on any atom is -0.142 e. The predicted molar refractivity (Wildman–Crippen MR) is 93.1 cm³/mol. The van der Waals surface area contributed by atoms with Crippen LogP contribution in [-0.4, -0.2) is 0 Å². The Morgan fingerprint density at radius 3 is 2.70 bits per heavy atom. The molecule has 0 amide bonds. The Kier molecular flexibility index (Phi) is 3.89. The molecule has 0 saturated heterocycles. The Labute approximate surface area is 136 Å². The first-order chi connectivity index (χ1) is 9.58. The minimum absolute atomic E-state index is 0.0991. The lowest BCUT2D eigenvalue weighted by atomic mass is 9.98. The van der Waals surface area contributed by atoms with Crippen LogP contribution in [0.5, 0.6) is 0 Å². The van der Waals surface area contributed by atoms with Crippen molar-refractivity contribution in [3.05, 3.63) is 68.5 Å². The van der Waals surface area contributed by atoms with Gasteiger partial charge in [-0.1, -0.05) is 35.9 Å². The van der Waals surface area contributed by atoms with Gasteiger partial charge in [0.1, 0.15) is 0 Å². The first-order valence-electron chi connectivity index (χ1n) is 6.45. The molecule has 20 heavy (non-hydrogen) atoms. The third-order valence-electron chi connectivity index (χ3n) is 3.56. The van der Waals surface area contributed by atoms with Gasteiger partial charge in [0.05, 0.1) is 5.38 Å². The summed E-state index contributed by atoms with van der Waals surface area (Å²) in [6.45, 7) is 4.23. The van der Waals surface area contributed by atoms with Crippen molar-refractivity contribution in [2.75, 3.05) is 0 Å². The van der Waals surface area contributed by atoms with E-state index in [2.05, 4.69) is 71.6 Å². The Morgan fingerprint density at radius 2 is 1.90 bits per heavy atom. The van der Waals surface area contributed by atoms with Crippen molar-refractivity contribution in [2.24, 2.45) is 0 Å². The second kappa shape index (κ2) is 5.51. The third-order valence-corrected chi connectivity index (χ3v) is 6.00. The van der Waals surface area contributed by atoms with Crippen LogP contribution >= 0.6 is 38.9 Å². The molecule has 0 bridgehead atoms. The zero-order valence-corrected chi connectivity index (χ0v) is 14.4. The molecule has 0 saturated carbocycles. The zero-order valence-electron chi connectivity index (χ0n) is 11.3. The third kappa shape index (κ3) is 2.41. The van der Waals surface area contributed by atoms with Crippen molar-refractivity contribution in [3.8, 4) is 0 Å². The summed E-state index contributed by atoms with van der Waals surface area (Å²) < 4.78 is 2.40. The lowest BCUT2D eigenvalue weighted by Crippen LogP contribution is -1.96. The summed E-state index contributed by atoms with van der Waals surface area (Å²) >= 11 is 12.1. The quantitative estimate of drug-likeness (QED) is 0.448. The van der Waals surface area contributed by atoms with Gasteiger partial charge in [-0.2, -0.15) is 0 Å². The van der Waals surface area contributed by atoms with E-state index >= 15 is 0 Å². The molecular weight excluding hydrogens is 352 g/mol. The summed E-state index contributed by atoms with van der Waals surface area (Å²) in [4.78, 5) is 0. The van der Waals surface area contributed by atoms with Crippen molar-refractivity contribution in [1.82, 2.24) is 0 Å². The molecule has 3 heteroatoms. The van der Waals surface area contributed by atoms with Crippen molar-refractivity contribution >= 4 is 49.0 Å². The smallest absolute Gasteiger partial charge is 0.0852 e. The number of benzene rings is 2. The Hall–Kier alpha value is -0.830. The van der Waals surface area contributed by atoms with Gasteiger partial charge in [0.25, 0.3) is 0 Å². The van der Waals surface area contributed by atoms with E-state index in [1.54, 1.807) is 11.3 Å². The highest BCUT2D eigenvalue weighted by molar-refractivity contribution is 9.10. The molecule has 0 aliphatic carbocycles. The highest BCUT2D eigenvalue weighted by Gasteiger charge is 2.18. The summed E-state index contributed by atoms with van der Waals surface area (Å²) in [5, 5.41) is 3.32. The highest BCUT2D eigenvalue weighted by atomic mass is 79.9. The first kappa shape index (κ1) is 14.1. The normalized spacial score (nSPS) is 12.8. The average molecular weight is 366 g/mol. The van der Waals surface area contributed by atoms with E-state index in [4.69, 9.17) is 11.6 Å². The van der Waals surface area contributed by atoms with Gasteiger partial charge in [-0.15, -0.1) is 22.9 Å². The van der Waals surface area contributed by atoms with Crippen molar-refractivity contribution < 1.29 is 0 Å². The standard InChI is InChI=1S/C17H14BrClS/c1-10-6-7-11(2)13(8-10)16(19)14-9-20-17-12(14)4-3-5-15(17)18/h3-9,16H,1-2H3. The van der Waals surface area contributed by atoms with Crippen LogP contribution in [0.3, 0.4) is 0 Å². The van der Waals surface area contributed by atoms with Crippen molar-refractivity contribution in [3.63, 3.8) is 0 Å². The largest absolute Gasteiger partial charge is 0.142 e. The van der Waals surface area contributed by atoms with Crippen LogP contribution in [-0.2, 0) is 0 Å². The molecule has 0 spiro atoms. The summed E-state index contributed by atoms with van der Waals surface area (Å²) in [7, 11) is 0. The molecule has 1 atom stereocenters. The van der Waals surface area contributed by atoms with Crippen LogP contribution < -0.4 is 0 Å². The van der Waals surface area contributed by atoms with Gasteiger partial charge < -0.3 is 0 Å². The first-order valence-corrected chi connectivity index (χ1v) is 8.55. The van der Waals surface area contributed by atoms with Gasteiger partial charge in [-0.25, -0.2) is 0 Å². The van der Waals surface area contributed by atoms with Gasteiger partial charge in [-0.3, -0.25) is 0 Å². The predicted octanol–water partition coefficient (Wildman–Crippen LogP) is 6.61. The molecule has 0 radical (unpaired) electrons. The Morgan fingerprint density at radius 1 is 1.10 bits per heavy atom. The fraction of sp³-hybridized carbons (Fsp3) is 0.176. The lowest BCUT2D eigenvalue weighted by molar-refractivity contribution is 1.12. The molecular formula is C17H14BrClS. The summed E-state index contributed by atoms with van der Waals surface area (Å²) in [6, 6.07) is 12.7. The van der Waals surface area contributed by atoms with Gasteiger partial charge in [-0.05, 0) is 63.3 Å². The summed E-state index contributed by atoms with van der Waals surface area (Å²) in [5.74, 6) is 0. The average Bonchev–Trinajstić information content (AvgIpc) is 2.86. The second-order valence-electron chi connectivity index (χ2n) is 5.03. The van der Waals surface area contributed by atoms with E-state index in [-0.39, 0.29) is 5.38 Å². The molecule has 0 aliphatic rings. The fourth-order valence-electron chi connectivity index (χ4n) is 2.44. The van der Waals surface area contributed by atoms with Crippen LogP contribution in [0.2, 0.25) is 0 Å². The van der Waals surface area contributed by atoms with Gasteiger partial charge >= 0.3 is 0 Å². The maximum atomic E-state index is 6.77. The number of thiophene rings is 1. The molecule has 2 aromatic carbocycles. The molecule has 3 aromatic rings. The minimum atomic E-state index is -0.0991. The number of fused-ring (bicyclic) bond motifs is 1. The molecule has 1 aromatic heterocycles. The Bertz CT molecular complexity index is 776. The molecule has 1 heterocycles. The lowest BCUT2D eigenvalue weighted by Gasteiger charge is -2.13. The summed E-state index contributed by atoms with van der Waals surface area (Å²) in [6.07, 6.45) is 0. The van der Waals surface area contributed by atoms with Gasteiger partial charge in [0.2, 0.25) is 0 Å². The number of aryl methyl sites for hydroxylation is 2. The molecule has 0 aliphatic heterocycles. The molecule has 102 valence electrons. The monoisotopic (exact) mass is 364 g/mol. The molecule has 0 N–H and O–H groups in total. The molecule has 3 rings (SSSR count). The topological polar surface area (TPSA) is 0 Å². The van der Waals surface area contributed by atoms with E-state index < -0.39 is 0 Å². The summed E-state index contributed by atoms with van der Waals surface area (Å²) in [5.41, 5.74) is 4.88. The van der Waals surface area contributed by atoms with Crippen LogP contribution in [0.4, 0.5) is 0 Å². The number of halogens is 2. The fourth-order valence-corrected chi connectivity index (χ4v) is 4.58. The van der Waals surface area contributed by atoms with Crippen LogP contribution in [0.25, 0.3) is 10.1 Å². The SMILES string of the molecule is Cc1ccc(C)c(C(Cl)c2csc3c(Br)cccc23)c1. The molecule has 0 nitrogen and oxygen atoms in total. The van der Waals surface area contributed by atoms with Gasteiger partial charge in [0.15, 0.2) is 0 Å². The van der Waals surface area contributed by atoms with Crippen molar-refractivity contribution in [1.29, 1.82) is 0 Å². The van der Waals surface area contributed by atoms with E-state index in [1.807, 2.05) is 0 Å². The van der Waals surface area contributed by atoms with E-state index in [1.165, 1.54) is 32.3 Å². The second-order valence-corrected chi connectivity index (χ2v) is 7.20. The zero-order chi connectivity index (χ0) is 14.3. The molecule has 0 fully saturated rings. The Balaban J connectivity index is 2.15. The number of alkyl halides is 1. The van der Waals surface area contributed by atoms with Gasteiger partial charge in [0, 0.05) is 9.17 Å². The number of hydrogen-bond donors (Lipinski definition) is 0. The highest BCUT2D eigenvalue weighted by Crippen LogP contribution is 2.40. The van der Waals surface area contributed by atoms with Crippen LogP contribution in [0.15, 0.2) is 46.3 Å². The van der Waals surface area contributed by atoms with Crippen LogP contribution in [0.1, 0.15) is 27.6 Å². The molecule has 1 unspecified atom stereocenters. The number of hydrogen-bond acceptors (Lipinski definition) is 1. The van der Waals surface area contributed by atoms with E-state index in [0.717, 1.165) is 4.47 Å². The van der Waals surface area contributed by atoms with E-state index in [9.17, 15) is 0 Å². The van der Waals surface area contributed by atoms with Crippen LogP contribution in [0, 0.1) is 13.8 Å².